The average molecular weight is 430 g/mol. The summed E-state index contributed by atoms with van der Waals surface area (Å²) in [6, 6.07) is 4.30. The molecule has 1 fully saturated rings. The zero-order valence-electron chi connectivity index (χ0n) is 16.1. The van der Waals surface area contributed by atoms with Gasteiger partial charge in [-0.15, -0.1) is 11.3 Å². The highest BCUT2D eigenvalue weighted by molar-refractivity contribution is 7.13. The van der Waals surface area contributed by atoms with Crippen molar-refractivity contribution in [3.05, 3.63) is 40.9 Å². The average Bonchev–Trinajstić information content (AvgIpc) is 3.41. The number of Topliss-reactive ketones (excluding diaryl/α,β-unsaturated/α-hetero) is 1. The molecule has 0 radical (unpaired) electrons. The second kappa shape index (κ2) is 9.97. The van der Waals surface area contributed by atoms with E-state index in [9.17, 15) is 19.2 Å². The molecule has 1 aliphatic carbocycles. The molecule has 10 heteroatoms. The molecule has 9 nitrogen and oxygen atoms in total. The highest BCUT2D eigenvalue weighted by Crippen LogP contribution is 2.30. The smallest absolute Gasteiger partial charge is 0.325 e. The first-order chi connectivity index (χ1) is 14.4. The largest absolute Gasteiger partial charge is 0.480 e. The number of aliphatic carboxylic acids is 1. The van der Waals surface area contributed by atoms with Crippen molar-refractivity contribution < 1.29 is 24.3 Å². The predicted molar refractivity (Wildman–Crippen MR) is 112 cm³/mol. The summed E-state index contributed by atoms with van der Waals surface area (Å²) in [4.78, 5) is 51.9. The Bertz CT molecular complexity index is 939. The van der Waals surface area contributed by atoms with E-state index < -0.39 is 24.5 Å². The minimum Gasteiger partial charge on any atom is -0.480 e. The van der Waals surface area contributed by atoms with Crippen molar-refractivity contribution in [2.75, 3.05) is 17.2 Å². The van der Waals surface area contributed by atoms with Crippen LogP contribution in [0.2, 0.25) is 0 Å². The molecule has 1 heterocycles. The van der Waals surface area contributed by atoms with Gasteiger partial charge in [-0.3, -0.25) is 19.7 Å². The fourth-order valence-corrected chi connectivity index (χ4v) is 3.92. The van der Waals surface area contributed by atoms with E-state index in [1.807, 2.05) is 0 Å². The number of aromatic nitrogens is 1. The van der Waals surface area contributed by atoms with Gasteiger partial charge in [-0.2, -0.15) is 0 Å². The molecule has 3 amide bonds. The van der Waals surface area contributed by atoms with Crippen molar-refractivity contribution in [2.45, 2.75) is 32.1 Å². The van der Waals surface area contributed by atoms with Crippen molar-refractivity contribution in [2.24, 2.45) is 5.92 Å². The van der Waals surface area contributed by atoms with Gasteiger partial charge < -0.3 is 15.7 Å². The Morgan fingerprint density at radius 1 is 1.13 bits per heavy atom. The van der Waals surface area contributed by atoms with Crippen LogP contribution < -0.4 is 16.0 Å². The van der Waals surface area contributed by atoms with Gasteiger partial charge in [0, 0.05) is 28.7 Å². The summed E-state index contributed by atoms with van der Waals surface area (Å²) in [6.07, 6.45) is 5.02. The van der Waals surface area contributed by atoms with E-state index in [1.54, 1.807) is 29.8 Å². The van der Waals surface area contributed by atoms with E-state index in [1.165, 1.54) is 11.3 Å². The lowest BCUT2D eigenvalue weighted by Crippen LogP contribution is -2.31. The molecule has 0 bridgehead atoms. The number of thiazole rings is 1. The predicted octanol–water partition coefficient (Wildman–Crippen LogP) is 2.90. The highest BCUT2D eigenvalue weighted by atomic mass is 32.1. The summed E-state index contributed by atoms with van der Waals surface area (Å²) in [7, 11) is 0. The number of nitrogens with one attached hydrogen (secondary N) is 3. The van der Waals surface area contributed by atoms with Crippen LogP contribution in [-0.2, 0) is 16.0 Å². The standard InChI is InChI=1S/C20H22N4O5S/c25-16(22-11-17(26)27)9-13-5-6-14(23-19(29)24-20-21-7-8-30-20)10-15(13)18(28)12-3-1-2-4-12/h5-8,10,12H,1-4,9,11H2,(H,22,25)(H,26,27)(H2,21,23,24,29). The van der Waals surface area contributed by atoms with E-state index in [-0.39, 0.29) is 18.1 Å². The van der Waals surface area contributed by atoms with E-state index in [2.05, 4.69) is 20.9 Å². The van der Waals surface area contributed by atoms with Gasteiger partial charge in [0.15, 0.2) is 10.9 Å². The molecule has 4 N–H and O–H groups in total. The fraction of sp³-hybridized carbons (Fsp3) is 0.350. The van der Waals surface area contributed by atoms with Gasteiger partial charge in [-0.05, 0) is 30.5 Å². The zero-order valence-corrected chi connectivity index (χ0v) is 17.0. The number of anilines is 2. The number of ketones is 1. The minimum absolute atomic E-state index is 0.0579. The Morgan fingerprint density at radius 3 is 2.57 bits per heavy atom. The van der Waals surface area contributed by atoms with Gasteiger partial charge in [-0.25, -0.2) is 9.78 Å². The number of amides is 3. The molecule has 0 aliphatic heterocycles. The molecule has 0 spiro atoms. The summed E-state index contributed by atoms with van der Waals surface area (Å²) < 4.78 is 0. The number of hydrogen-bond acceptors (Lipinski definition) is 6. The van der Waals surface area contributed by atoms with Crippen LogP contribution in [0.25, 0.3) is 0 Å². The zero-order chi connectivity index (χ0) is 21.5. The first-order valence-corrected chi connectivity index (χ1v) is 10.4. The van der Waals surface area contributed by atoms with Crippen molar-refractivity contribution >= 4 is 45.8 Å². The van der Waals surface area contributed by atoms with Crippen LogP contribution in [0.4, 0.5) is 15.6 Å². The van der Waals surface area contributed by atoms with Gasteiger partial charge in [0.05, 0.1) is 6.42 Å². The van der Waals surface area contributed by atoms with E-state index in [4.69, 9.17) is 5.11 Å². The van der Waals surface area contributed by atoms with Gasteiger partial charge in [0.25, 0.3) is 0 Å². The fourth-order valence-electron chi connectivity index (χ4n) is 3.40. The maximum Gasteiger partial charge on any atom is 0.325 e. The molecule has 1 aromatic heterocycles. The number of hydrogen-bond donors (Lipinski definition) is 4. The third-order valence-electron chi connectivity index (χ3n) is 4.80. The monoisotopic (exact) mass is 430 g/mol. The molecule has 1 aliphatic rings. The third-order valence-corrected chi connectivity index (χ3v) is 5.49. The molecule has 0 atom stereocenters. The maximum atomic E-state index is 13.0. The Kier molecular flexibility index (Phi) is 7.12. The van der Waals surface area contributed by atoms with E-state index in [0.29, 0.717) is 21.9 Å². The normalized spacial score (nSPS) is 13.6. The van der Waals surface area contributed by atoms with Crippen molar-refractivity contribution in [1.82, 2.24) is 10.3 Å². The van der Waals surface area contributed by atoms with Crippen LogP contribution in [-0.4, -0.2) is 40.3 Å². The molecule has 2 aromatic rings. The number of carboxylic acid groups (broad SMARTS) is 1. The van der Waals surface area contributed by atoms with Crippen LogP contribution in [0.5, 0.6) is 0 Å². The topological polar surface area (TPSA) is 137 Å². The molecule has 1 saturated carbocycles. The second-order valence-corrected chi connectivity index (χ2v) is 7.88. The molecular formula is C20H22N4O5S. The molecule has 0 saturated heterocycles. The molecule has 158 valence electrons. The number of rotatable bonds is 8. The molecule has 30 heavy (non-hydrogen) atoms. The van der Waals surface area contributed by atoms with E-state index >= 15 is 0 Å². The van der Waals surface area contributed by atoms with Gasteiger partial charge in [0.1, 0.15) is 6.54 Å². The number of benzene rings is 1. The lowest BCUT2D eigenvalue weighted by molar-refractivity contribution is -0.137. The second-order valence-electron chi connectivity index (χ2n) is 6.98. The maximum absolute atomic E-state index is 13.0. The summed E-state index contributed by atoms with van der Waals surface area (Å²) in [5.41, 5.74) is 1.29. The SMILES string of the molecule is O=C(O)CNC(=O)Cc1ccc(NC(=O)Nc2nccs2)cc1C(=O)C1CCCC1. The van der Waals surface area contributed by atoms with Crippen molar-refractivity contribution in [1.29, 1.82) is 0 Å². The van der Waals surface area contributed by atoms with Crippen LogP contribution >= 0.6 is 11.3 Å². The van der Waals surface area contributed by atoms with Crippen molar-refractivity contribution in [3.63, 3.8) is 0 Å². The van der Waals surface area contributed by atoms with Crippen molar-refractivity contribution in [3.8, 4) is 0 Å². The number of urea groups is 1. The van der Waals surface area contributed by atoms with Crippen LogP contribution in [0.3, 0.4) is 0 Å². The number of carbonyl (C=O) groups is 4. The third kappa shape index (κ3) is 5.86. The van der Waals surface area contributed by atoms with Gasteiger partial charge in [-0.1, -0.05) is 18.9 Å². The molecular weight excluding hydrogens is 408 g/mol. The Balaban J connectivity index is 1.77. The summed E-state index contributed by atoms with van der Waals surface area (Å²) in [5.74, 6) is -1.79. The first kappa shape index (κ1) is 21.4. The lowest BCUT2D eigenvalue weighted by Gasteiger charge is -2.15. The Labute approximate surface area is 176 Å². The van der Waals surface area contributed by atoms with Gasteiger partial charge >= 0.3 is 12.0 Å². The molecule has 0 unspecified atom stereocenters. The van der Waals surface area contributed by atoms with Crippen LogP contribution in [0.15, 0.2) is 29.8 Å². The summed E-state index contributed by atoms with van der Waals surface area (Å²) >= 11 is 1.28. The lowest BCUT2D eigenvalue weighted by atomic mass is 9.91. The summed E-state index contributed by atoms with van der Waals surface area (Å²) in [6.45, 7) is -0.485. The Hall–Kier alpha value is -3.27. The van der Waals surface area contributed by atoms with Crippen LogP contribution in [0, 0.1) is 5.92 Å². The molecule has 3 rings (SSSR count). The van der Waals surface area contributed by atoms with E-state index in [0.717, 1.165) is 25.7 Å². The minimum atomic E-state index is -1.14. The number of nitrogens with zero attached hydrogens (tertiary/aromatic N) is 1. The number of carboxylic acids is 1. The van der Waals surface area contributed by atoms with Gasteiger partial charge in [0.2, 0.25) is 5.91 Å². The quantitative estimate of drug-likeness (QED) is 0.475. The number of carbonyl (C=O) groups excluding carboxylic acids is 3. The molecule has 1 aromatic carbocycles. The first-order valence-electron chi connectivity index (χ1n) is 9.55. The Morgan fingerprint density at radius 2 is 1.90 bits per heavy atom. The van der Waals surface area contributed by atoms with Crippen LogP contribution in [0.1, 0.15) is 41.6 Å². The summed E-state index contributed by atoms with van der Waals surface area (Å²) in [5, 5.41) is 18.5. The highest BCUT2D eigenvalue weighted by Gasteiger charge is 2.26.